The molecule has 1 heterocycles. The largest absolute Gasteiger partial charge is 0.490 e. The van der Waals surface area contributed by atoms with Crippen LogP contribution >= 0.6 is 0 Å². The molecular weight excluding hydrogens is 408 g/mol. The van der Waals surface area contributed by atoms with Gasteiger partial charge in [0.1, 0.15) is 0 Å². The number of amides is 2. The molecule has 2 fully saturated rings. The number of hydrogen-bond acceptors (Lipinski definition) is 6. The van der Waals surface area contributed by atoms with Crippen LogP contribution in [0.1, 0.15) is 29.3 Å². The van der Waals surface area contributed by atoms with Gasteiger partial charge in [-0.15, -0.1) is 0 Å². The van der Waals surface area contributed by atoms with Crippen LogP contribution in [-0.2, 0) is 9.59 Å². The van der Waals surface area contributed by atoms with Crippen molar-refractivity contribution in [3.8, 4) is 11.5 Å². The molecule has 2 aliphatic carbocycles. The summed E-state index contributed by atoms with van der Waals surface area (Å²) in [4.78, 5) is 37.9. The van der Waals surface area contributed by atoms with Crippen molar-refractivity contribution in [2.75, 3.05) is 6.61 Å². The highest BCUT2D eigenvalue weighted by molar-refractivity contribution is 6.06. The molecular formula is C25H22N2O5. The van der Waals surface area contributed by atoms with Gasteiger partial charge in [0, 0.05) is 0 Å². The third-order valence-corrected chi connectivity index (χ3v) is 6.25. The first-order chi connectivity index (χ1) is 15.6. The molecule has 1 aliphatic heterocycles. The average molecular weight is 430 g/mol. The van der Waals surface area contributed by atoms with Gasteiger partial charge < -0.3 is 9.47 Å². The number of ether oxygens (including phenoxy) is 2. The summed E-state index contributed by atoms with van der Waals surface area (Å²) in [6, 6.07) is 13.6. The van der Waals surface area contributed by atoms with Crippen LogP contribution < -0.4 is 9.47 Å². The molecule has 2 bridgehead atoms. The number of fused-ring (bicyclic) bond motifs is 5. The van der Waals surface area contributed by atoms with E-state index in [1.165, 1.54) is 6.21 Å². The van der Waals surface area contributed by atoms with Gasteiger partial charge in [-0.05, 0) is 61.1 Å². The fraction of sp³-hybridized carbons (Fsp3) is 0.280. The lowest BCUT2D eigenvalue weighted by Gasteiger charge is -2.13. The average Bonchev–Trinajstić information content (AvgIpc) is 3.49. The molecule has 162 valence electrons. The Kier molecular flexibility index (Phi) is 5.09. The highest BCUT2D eigenvalue weighted by Gasteiger charge is 2.59. The van der Waals surface area contributed by atoms with E-state index in [2.05, 4.69) is 5.10 Å². The molecule has 4 unspecified atom stereocenters. The van der Waals surface area contributed by atoms with Crippen molar-refractivity contribution in [1.29, 1.82) is 0 Å². The second-order valence-corrected chi connectivity index (χ2v) is 8.13. The van der Waals surface area contributed by atoms with Gasteiger partial charge in [-0.3, -0.25) is 9.59 Å². The van der Waals surface area contributed by atoms with Gasteiger partial charge in [-0.1, -0.05) is 30.4 Å². The lowest BCUT2D eigenvalue weighted by molar-refractivity contribution is -0.140. The second-order valence-electron chi connectivity index (χ2n) is 8.13. The van der Waals surface area contributed by atoms with Crippen molar-refractivity contribution in [2.24, 2.45) is 28.8 Å². The molecule has 2 aromatic rings. The van der Waals surface area contributed by atoms with Gasteiger partial charge >= 0.3 is 5.97 Å². The zero-order valence-electron chi connectivity index (χ0n) is 17.5. The number of imide groups is 1. The first-order valence-corrected chi connectivity index (χ1v) is 10.7. The van der Waals surface area contributed by atoms with Crippen LogP contribution in [0.15, 0.2) is 65.8 Å². The maximum atomic E-state index is 12.8. The van der Waals surface area contributed by atoms with Gasteiger partial charge in [0.25, 0.3) is 11.8 Å². The van der Waals surface area contributed by atoms with Crippen LogP contribution in [0.25, 0.3) is 0 Å². The van der Waals surface area contributed by atoms with Crippen molar-refractivity contribution in [3.63, 3.8) is 0 Å². The van der Waals surface area contributed by atoms with E-state index in [0.29, 0.717) is 23.5 Å². The van der Waals surface area contributed by atoms with Crippen LogP contribution in [0.3, 0.4) is 0 Å². The number of nitrogens with zero attached hydrogens (tertiary/aromatic N) is 2. The molecule has 3 aliphatic rings. The molecule has 0 N–H and O–H groups in total. The van der Waals surface area contributed by atoms with Gasteiger partial charge in [0.05, 0.1) is 30.2 Å². The normalized spacial score (nSPS) is 25.6. The minimum atomic E-state index is -0.490. The number of hydrogen-bond donors (Lipinski definition) is 0. The first kappa shape index (κ1) is 20.2. The Morgan fingerprint density at radius 2 is 1.72 bits per heavy atom. The first-order valence-electron chi connectivity index (χ1n) is 10.7. The summed E-state index contributed by atoms with van der Waals surface area (Å²) in [5, 5.41) is 5.20. The standard InChI is InChI=1S/C25H22N2O5/c1-2-31-20-12-15(8-11-19(20)32-25(30)16-6-4-3-5-7-16)14-26-27-23(28)21-17-9-10-18(13-17)22(21)24(27)29/h3-12,14,17-18,21-22H,2,13H2,1H3. The summed E-state index contributed by atoms with van der Waals surface area (Å²) < 4.78 is 11.1. The van der Waals surface area contributed by atoms with E-state index in [9.17, 15) is 14.4 Å². The number of hydrazone groups is 1. The minimum absolute atomic E-state index is 0.143. The molecule has 7 heteroatoms. The Bertz CT molecular complexity index is 1110. The molecule has 1 saturated heterocycles. The fourth-order valence-electron chi connectivity index (χ4n) is 4.82. The van der Waals surface area contributed by atoms with E-state index in [1.54, 1.807) is 42.5 Å². The number of esters is 1. The van der Waals surface area contributed by atoms with Gasteiger partial charge in [-0.25, -0.2) is 4.79 Å². The Hall–Kier alpha value is -3.74. The van der Waals surface area contributed by atoms with Crippen molar-refractivity contribution >= 4 is 24.0 Å². The number of rotatable bonds is 6. The lowest BCUT2D eigenvalue weighted by Crippen LogP contribution is -2.28. The highest BCUT2D eigenvalue weighted by Crippen LogP contribution is 2.52. The number of carbonyl (C=O) groups excluding carboxylic acids is 3. The molecule has 5 rings (SSSR count). The van der Waals surface area contributed by atoms with Crippen LogP contribution in [-0.4, -0.2) is 35.6 Å². The molecule has 32 heavy (non-hydrogen) atoms. The Balaban J connectivity index is 1.34. The SMILES string of the molecule is CCOc1cc(C=NN2C(=O)C3C4C=CC(C4)C3C2=O)ccc1OC(=O)c1ccccc1. The van der Waals surface area contributed by atoms with E-state index in [4.69, 9.17) is 9.47 Å². The number of allylic oxidation sites excluding steroid dienone is 2. The van der Waals surface area contributed by atoms with E-state index < -0.39 is 5.97 Å². The summed E-state index contributed by atoms with van der Waals surface area (Å²) in [6.45, 7) is 2.20. The van der Waals surface area contributed by atoms with E-state index >= 15 is 0 Å². The molecule has 1 saturated carbocycles. The van der Waals surface area contributed by atoms with Gasteiger partial charge in [0.2, 0.25) is 0 Å². The Morgan fingerprint density at radius 3 is 2.38 bits per heavy atom. The van der Waals surface area contributed by atoms with Crippen molar-refractivity contribution < 1.29 is 23.9 Å². The minimum Gasteiger partial charge on any atom is -0.490 e. The van der Waals surface area contributed by atoms with E-state index in [0.717, 1.165) is 11.4 Å². The van der Waals surface area contributed by atoms with Crippen LogP contribution in [0.5, 0.6) is 11.5 Å². The maximum absolute atomic E-state index is 12.8. The predicted molar refractivity (Wildman–Crippen MR) is 116 cm³/mol. The maximum Gasteiger partial charge on any atom is 0.343 e. The Labute approximate surface area is 185 Å². The molecule has 2 aromatic carbocycles. The van der Waals surface area contributed by atoms with Crippen LogP contribution in [0.4, 0.5) is 0 Å². The quantitative estimate of drug-likeness (QED) is 0.230. The molecule has 0 radical (unpaired) electrons. The molecule has 7 nitrogen and oxygen atoms in total. The van der Waals surface area contributed by atoms with Gasteiger partial charge in [-0.2, -0.15) is 10.1 Å². The molecule has 4 atom stereocenters. The lowest BCUT2D eigenvalue weighted by atomic mass is 9.85. The van der Waals surface area contributed by atoms with Crippen LogP contribution in [0.2, 0.25) is 0 Å². The summed E-state index contributed by atoms with van der Waals surface area (Å²) in [7, 11) is 0. The zero-order valence-corrected chi connectivity index (χ0v) is 17.5. The Morgan fingerprint density at radius 1 is 1.03 bits per heavy atom. The predicted octanol–water partition coefficient (Wildman–Crippen LogP) is 3.45. The second kappa shape index (κ2) is 8.07. The van der Waals surface area contributed by atoms with Crippen LogP contribution in [0, 0.1) is 23.7 Å². The third kappa shape index (κ3) is 3.39. The summed E-state index contributed by atoms with van der Waals surface area (Å²) in [5.74, 6) is -0.576. The van der Waals surface area contributed by atoms with E-state index in [-0.39, 0.29) is 41.2 Å². The zero-order chi connectivity index (χ0) is 22.2. The van der Waals surface area contributed by atoms with Crippen molar-refractivity contribution in [2.45, 2.75) is 13.3 Å². The third-order valence-electron chi connectivity index (χ3n) is 6.25. The fourth-order valence-corrected chi connectivity index (χ4v) is 4.82. The summed E-state index contributed by atoms with van der Waals surface area (Å²) >= 11 is 0. The highest BCUT2D eigenvalue weighted by atomic mass is 16.6. The summed E-state index contributed by atoms with van der Waals surface area (Å²) in [5.41, 5.74) is 1.05. The smallest absolute Gasteiger partial charge is 0.343 e. The molecule has 0 spiro atoms. The monoisotopic (exact) mass is 430 g/mol. The van der Waals surface area contributed by atoms with Crippen molar-refractivity contribution in [3.05, 3.63) is 71.8 Å². The molecule has 0 aromatic heterocycles. The number of benzene rings is 2. The number of carbonyl (C=O) groups is 3. The van der Waals surface area contributed by atoms with E-state index in [1.807, 2.05) is 25.1 Å². The topological polar surface area (TPSA) is 85.3 Å². The molecule has 2 amide bonds. The summed E-state index contributed by atoms with van der Waals surface area (Å²) in [6.07, 6.45) is 6.44. The van der Waals surface area contributed by atoms with Gasteiger partial charge in [0.15, 0.2) is 11.5 Å². The van der Waals surface area contributed by atoms with Crippen molar-refractivity contribution in [1.82, 2.24) is 5.01 Å².